The molecule has 1 unspecified atom stereocenters. The zero-order chi connectivity index (χ0) is 12.1. The van der Waals surface area contributed by atoms with Crippen LogP contribution in [-0.2, 0) is 11.3 Å². The van der Waals surface area contributed by atoms with Crippen molar-refractivity contribution in [1.29, 1.82) is 5.26 Å². The van der Waals surface area contributed by atoms with Crippen molar-refractivity contribution in [3.63, 3.8) is 0 Å². The van der Waals surface area contributed by atoms with E-state index in [1.54, 1.807) is 12.1 Å². The summed E-state index contributed by atoms with van der Waals surface area (Å²) in [4.78, 5) is 0. The van der Waals surface area contributed by atoms with E-state index in [-0.39, 0.29) is 11.7 Å². The van der Waals surface area contributed by atoms with E-state index in [4.69, 9.17) is 10.00 Å². The fourth-order valence-electron chi connectivity index (χ4n) is 1.98. The van der Waals surface area contributed by atoms with Crippen LogP contribution < -0.4 is 5.32 Å². The van der Waals surface area contributed by atoms with Gasteiger partial charge in [0.2, 0.25) is 0 Å². The van der Waals surface area contributed by atoms with Gasteiger partial charge in [0.15, 0.2) is 0 Å². The van der Waals surface area contributed by atoms with Crippen LogP contribution in [0.1, 0.15) is 24.0 Å². The van der Waals surface area contributed by atoms with E-state index in [1.807, 2.05) is 6.07 Å². The Labute approximate surface area is 100 Å². The van der Waals surface area contributed by atoms with E-state index in [0.717, 1.165) is 26.0 Å². The topological polar surface area (TPSA) is 45.0 Å². The zero-order valence-electron chi connectivity index (χ0n) is 9.58. The molecule has 1 fully saturated rings. The molecule has 90 valence electrons. The molecule has 0 amide bonds. The first-order valence-corrected chi connectivity index (χ1v) is 5.81. The van der Waals surface area contributed by atoms with Gasteiger partial charge in [-0.25, -0.2) is 4.39 Å². The normalized spacial score (nSPS) is 19.2. The van der Waals surface area contributed by atoms with Gasteiger partial charge >= 0.3 is 0 Å². The number of nitrogens with zero attached hydrogens (tertiary/aromatic N) is 1. The maximum Gasteiger partial charge on any atom is 0.145 e. The summed E-state index contributed by atoms with van der Waals surface area (Å²) in [6.45, 7) is 1.99. The zero-order valence-corrected chi connectivity index (χ0v) is 9.58. The molecule has 17 heavy (non-hydrogen) atoms. The Bertz CT molecular complexity index is 422. The summed E-state index contributed by atoms with van der Waals surface area (Å²) in [5.41, 5.74) is 0.628. The van der Waals surface area contributed by atoms with Gasteiger partial charge in [0.05, 0.1) is 11.7 Å². The molecule has 1 N–H and O–H groups in total. The maximum absolute atomic E-state index is 13.7. The van der Waals surface area contributed by atoms with E-state index < -0.39 is 5.82 Å². The highest BCUT2D eigenvalue weighted by molar-refractivity contribution is 5.34. The van der Waals surface area contributed by atoms with Crippen molar-refractivity contribution in [1.82, 2.24) is 5.32 Å². The summed E-state index contributed by atoms with van der Waals surface area (Å²) in [5.74, 6) is -0.421. The van der Waals surface area contributed by atoms with Crippen LogP contribution in [0.25, 0.3) is 0 Å². The van der Waals surface area contributed by atoms with Crippen LogP contribution in [0.15, 0.2) is 18.2 Å². The summed E-state index contributed by atoms with van der Waals surface area (Å²) in [6.07, 6.45) is 2.41. The van der Waals surface area contributed by atoms with Gasteiger partial charge in [-0.1, -0.05) is 12.1 Å². The van der Waals surface area contributed by atoms with Gasteiger partial charge in [-0.05, 0) is 18.9 Å². The first-order chi connectivity index (χ1) is 8.31. The summed E-state index contributed by atoms with van der Waals surface area (Å²) < 4.78 is 19.1. The SMILES string of the molecule is N#Cc1cccc(CNCC2CCCO2)c1F. The second-order valence-electron chi connectivity index (χ2n) is 4.16. The summed E-state index contributed by atoms with van der Waals surface area (Å²) in [6, 6.07) is 6.72. The molecule has 0 radical (unpaired) electrons. The Morgan fingerprint density at radius 1 is 1.53 bits per heavy atom. The molecule has 4 heteroatoms. The van der Waals surface area contributed by atoms with E-state index >= 15 is 0 Å². The van der Waals surface area contributed by atoms with Crippen molar-refractivity contribution in [2.75, 3.05) is 13.2 Å². The Morgan fingerprint density at radius 3 is 3.12 bits per heavy atom. The van der Waals surface area contributed by atoms with Crippen LogP contribution in [0.4, 0.5) is 4.39 Å². The van der Waals surface area contributed by atoms with Gasteiger partial charge in [-0.2, -0.15) is 5.26 Å². The number of halogens is 1. The molecule has 1 atom stereocenters. The first-order valence-electron chi connectivity index (χ1n) is 5.81. The monoisotopic (exact) mass is 234 g/mol. The third-order valence-electron chi connectivity index (χ3n) is 2.91. The Kier molecular flexibility index (Phi) is 4.08. The molecular weight excluding hydrogens is 219 g/mol. The number of hydrogen-bond acceptors (Lipinski definition) is 3. The van der Waals surface area contributed by atoms with Crippen molar-refractivity contribution >= 4 is 0 Å². The number of rotatable bonds is 4. The fraction of sp³-hybridized carbons (Fsp3) is 0.462. The second-order valence-corrected chi connectivity index (χ2v) is 4.16. The molecule has 0 aliphatic carbocycles. The number of benzene rings is 1. The molecular formula is C13H15FN2O. The molecule has 2 rings (SSSR count). The van der Waals surface area contributed by atoms with Gasteiger partial charge in [0.1, 0.15) is 11.9 Å². The van der Waals surface area contributed by atoms with E-state index in [9.17, 15) is 4.39 Å². The van der Waals surface area contributed by atoms with E-state index in [1.165, 1.54) is 6.07 Å². The van der Waals surface area contributed by atoms with Crippen molar-refractivity contribution < 1.29 is 9.13 Å². The minimum absolute atomic E-state index is 0.0985. The third kappa shape index (κ3) is 3.02. The van der Waals surface area contributed by atoms with Gasteiger partial charge in [-0.3, -0.25) is 0 Å². The van der Waals surface area contributed by atoms with Crippen LogP contribution >= 0.6 is 0 Å². The molecule has 0 saturated carbocycles. The van der Waals surface area contributed by atoms with E-state index in [0.29, 0.717) is 12.1 Å². The number of nitrogens with one attached hydrogen (secondary N) is 1. The van der Waals surface area contributed by atoms with Crippen LogP contribution in [0.2, 0.25) is 0 Å². The lowest BCUT2D eigenvalue weighted by Gasteiger charge is -2.11. The average molecular weight is 234 g/mol. The van der Waals surface area contributed by atoms with Crippen molar-refractivity contribution in [3.05, 3.63) is 35.1 Å². The molecule has 0 spiro atoms. The largest absolute Gasteiger partial charge is 0.377 e. The molecule has 1 aliphatic rings. The van der Waals surface area contributed by atoms with Gasteiger partial charge in [0.25, 0.3) is 0 Å². The molecule has 0 aromatic heterocycles. The van der Waals surface area contributed by atoms with E-state index in [2.05, 4.69) is 5.32 Å². The number of hydrogen-bond donors (Lipinski definition) is 1. The molecule has 1 aromatic rings. The van der Waals surface area contributed by atoms with Gasteiger partial charge in [-0.15, -0.1) is 0 Å². The van der Waals surface area contributed by atoms with Crippen LogP contribution in [0.5, 0.6) is 0 Å². The molecule has 1 saturated heterocycles. The molecule has 1 heterocycles. The fourth-order valence-corrected chi connectivity index (χ4v) is 1.98. The highest BCUT2D eigenvalue weighted by Gasteiger charge is 2.15. The first kappa shape index (κ1) is 12.0. The molecule has 0 bridgehead atoms. The smallest absolute Gasteiger partial charge is 0.145 e. The van der Waals surface area contributed by atoms with Crippen LogP contribution in [0, 0.1) is 17.1 Å². The number of ether oxygens (including phenoxy) is 1. The molecule has 1 aliphatic heterocycles. The summed E-state index contributed by atoms with van der Waals surface area (Å²) in [5, 5.41) is 11.9. The second kappa shape index (κ2) is 5.76. The quantitative estimate of drug-likeness (QED) is 0.866. The molecule has 3 nitrogen and oxygen atoms in total. The van der Waals surface area contributed by atoms with Crippen molar-refractivity contribution in [3.8, 4) is 6.07 Å². The lowest BCUT2D eigenvalue weighted by atomic mass is 10.1. The highest BCUT2D eigenvalue weighted by atomic mass is 19.1. The predicted octanol–water partition coefficient (Wildman–Crippen LogP) is 1.97. The standard InChI is InChI=1S/C13H15FN2O/c14-13-10(7-15)3-1-4-11(13)8-16-9-12-5-2-6-17-12/h1,3-4,12,16H,2,5-6,8-9H2. The number of nitriles is 1. The van der Waals surface area contributed by atoms with Crippen molar-refractivity contribution in [2.24, 2.45) is 0 Å². The maximum atomic E-state index is 13.7. The predicted molar refractivity (Wildman–Crippen MR) is 61.8 cm³/mol. The summed E-state index contributed by atoms with van der Waals surface area (Å²) in [7, 11) is 0. The third-order valence-corrected chi connectivity index (χ3v) is 2.91. The Morgan fingerprint density at radius 2 is 2.41 bits per heavy atom. The average Bonchev–Trinajstić information content (AvgIpc) is 2.84. The van der Waals surface area contributed by atoms with Crippen molar-refractivity contribution in [2.45, 2.75) is 25.5 Å². The van der Waals surface area contributed by atoms with Gasteiger partial charge < -0.3 is 10.1 Å². The van der Waals surface area contributed by atoms with Crippen LogP contribution in [0.3, 0.4) is 0 Å². The minimum atomic E-state index is -0.421. The van der Waals surface area contributed by atoms with Gasteiger partial charge in [0, 0.05) is 25.3 Å². The summed E-state index contributed by atoms with van der Waals surface area (Å²) >= 11 is 0. The Hall–Kier alpha value is -1.44. The molecule has 1 aromatic carbocycles. The minimum Gasteiger partial charge on any atom is -0.377 e. The Balaban J connectivity index is 1.88. The highest BCUT2D eigenvalue weighted by Crippen LogP contribution is 2.13. The lowest BCUT2D eigenvalue weighted by Crippen LogP contribution is -2.26. The lowest BCUT2D eigenvalue weighted by molar-refractivity contribution is 0.110. The van der Waals surface area contributed by atoms with Crippen LogP contribution in [-0.4, -0.2) is 19.3 Å².